The molecule has 1 unspecified atom stereocenters. The largest absolute Gasteiger partial charge is 0.399 e. The minimum Gasteiger partial charge on any atom is -0.399 e. The highest BCUT2D eigenvalue weighted by Gasteiger charge is 2.31. The second-order valence-electron chi connectivity index (χ2n) is 4.23. The van der Waals surface area contributed by atoms with Crippen LogP contribution in [0.25, 0.3) is 0 Å². The minimum absolute atomic E-state index is 0.197. The number of halogens is 1. The lowest BCUT2D eigenvalue weighted by molar-refractivity contribution is 0.0101. The first-order chi connectivity index (χ1) is 8.41. The Morgan fingerprint density at radius 2 is 2.22 bits per heavy atom. The molecule has 1 heterocycles. The van der Waals surface area contributed by atoms with Crippen LogP contribution in [0.3, 0.4) is 0 Å². The van der Waals surface area contributed by atoms with Crippen LogP contribution in [-0.2, 0) is 14.8 Å². The number of hydrogen-bond acceptors (Lipinski definition) is 4. The van der Waals surface area contributed by atoms with Crippen LogP contribution in [0.5, 0.6) is 0 Å². The lowest BCUT2D eigenvalue weighted by atomic mass is 10.3. The number of benzene rings is 1. The van der Waals surface area contributed by atoms with Gasteiger partial charge >= 0.3 is 0 Å². The zero-order valence-electron chi connectivity index (χ0n) is 9.97. The normalized spacial score (nSPS) is 22.0. The van der Waals surface area contributed by atoms with E-state index in [0.717, 1.165) is 12.1 Å². The molecule has 0 aliphatic carbocycles. The van der Waals surface area contributed by atoms with E-state index in [-0.39, 0.29) is 29.8 Å². The van der Waals surface area contributed by atoms with Crippen molar-refractivity contribution in [2.24, 2.45) is 0 Å². The van der Waals surface area contributed by atoms with E-state index in [1.807, 2.05) is 0 Å². The average molecular weight is 274 g/mol. The Kier molecular flexibility index (Phi) is 3.56. The summed E-state index contributed by atoms with van der Waals surface area (Å²) in [7, 11) is -3.85. The van der Waals surface area contributed by atoms with E-state index in [1.165, 1.54) is 10.4 Å². The number of sulfonamides is 1. The summed E-state index contributed by atoms with van der Waals surface area (Å²) in [6.07, 6.45) is -0.197. The van der Waals surface area contributed by atoms with Crippen LogP contribution in [-0.4, -0.2) is 38.5 Å². The predicted octanol–water partition coefficient (Wildman–Crippen LogP) is 0.817. The molecule has 0 saturated carbocycles. The third-order valence-electron chi connectivity index (χ3n) is 2.78. The summed E-state index contributed by atoms with van der Waals surface area (Å²) in [6, 6.07) is 3.53. The van der Waals surface area contributed by atoms with Crippen LogP contribution in [0.1, 0.15) is 6.92 Å². The van der Waals surface area contributed by atoms with Crippen molar-refractivity contribution in [2.75, 3.05) is 25.4 Å². The quantitative estimate of drug-likeness (QED) is 0.810. The number of hydrogen-bond donors (Lipinski definition) is 1. The van der Waals surface area contributed by atoms with Crippen molar-refractivity contribution in [1.29, 1.82) is 0 Å². The SMILES string of the molecule is CC1CN(S(=O)(=O)c2cc(N)ccc2F)CCO1. The Morgan fingerprint density at radius 3 is 2.89 bits per heavy atom. The molecule has 0 spiro atoms. The summed E-state index contributed by atoms with van der Waals surface area (Å²) in [5, 5.41) is 0. The van der Waals surface area contributed by atoms with E-state index in [1.54, 1.807) is 6.92 Å². The van der Waals surface area contributed by atoms with E-state index < -0.39 is 15.8 Å². The van der Waals surface area contributed by atoms with Gasteiger partial charge in [-0.1, -0.05) is 0 Å². The zero-order chi connectivity index (χ0) is 13.3. The topological polar surface area (TPSA) is 72.6 Å². The van der Waals surface area contributed by atoms with Gasteiger partial charge < -0.3 is 10.5 Å². The van der Waals surface area contributed by atoms with Gasteiger partial charge in [-0.2, -0.15) is 4.31 Å². The maximum Gasteiger partial charge on any atom is 0.246 e. The molecule has 0 aromatic heterocycles. The number of morpholine rings is 1. The third kappa shape index (κ3) is 2.47. The van der Waals surface area contributed by atoms with Crippen LogP contribution in [0.15, 0.2) is 23.1 Å². The molecule has 1 saturated heterocycles. The van der Waals surface area contributed by atoms with Crippen LogP contribution in [0.4, 0.5) is 10.1 Å². The molecule has 1 aromatic rings. The number of nitrogens with zero attached hydrogens (tertiary/aromatic N) is 1. The molecule has 1 atom stereocenters. The molecule has 100 valence electrons. The number of rotatable bonds is 2. The number of nitrogens with two attached hydrogens (primary N) is 1. The molecule has 5 nitrogen and oxygen atoms in total. The van der Waals surface area contributed by atoms with Crippen molar-refractivity contribution < 1.29 is 17.5 Å². The van der Waals surface area contributed by atoms with E-state index in [4.69, 9.17) is 10.5 Å². The average Bonchev–Trinajstić information content (AvgIpc) is 2.32. The molecule has 2 rings (SSSR count). The van der Waals surface area contributed by atoms with Crippen LogP contribution < -0.4 is 5.73 Å². The summed E-state index contributed by atoms with van der Waals surface area (Å²) in [6.45, 7) is 2.53. The third-order valence-corrected chi connectivity index (χ3v) is 4.66. The maximum atomic E-state index is 13.6. The summed E-state index contributed by atoms with van der Waals surface area (Å²) in [4.78, 5) is -0.378. The van der Waals surface area contributed by atoms with E-state index >= 15 is 0 Å². The van der Waals surface area contributed by atoms with E-state index in [0.29, 0.717) is 6.61 Å². The lowest BCUT2D eigenvalue weighted by Gasteiger charge is -2.30. The Hall–Kier alpha value is -1.18. The highest BCUT2D eigenvalue weighted by atomic mass is 32.2. The molecule has 1 aromatic carbocycles. The molecular weight excluding hydrogens is 259 g/mol. The summed E-state index contributed by atoms with van der Waals surface area (Å²) < 4.78 is 44.7. The molecule has 1 aliphatic rings. The standard InChI is InChI=1S/C11H15FN2O3S/c1-8-7-14(4-5-17-8)18(15,16)11-6-9(13)2-3-10(11)12/h2-3,6,8H,4-5,7,13H2,1H3. The predicted molar refractivity (Wildman–Crippen MR) is 65.0 cm³/mol. The Balaban J connectivity index is 2.38. The number of nitrogen functional groups attached to an aromatic ring is 1. The van der Waals surface area contributed by atoms with Gasteiger partial charge in [0, 0.05) is 18.8 Å². The molecule has 1 aliphatic heterocycles. The van der Waals surface area contributed by atoms with Gasteiger partial charge in [0.15, 0.2) is 0 Å². The summed E-state index contributed by atoms with van der Waals surface area (Å²) in [5.41, 5.74) is 5.73. The molecule has 1 fully saturated rings. The lowest BCUT2D eigenvalue weighted by Crippen LogP contribution is -2.44. The van der Waals surface area contributed by atoms with E-state index in [2.05, 4.69) is 0 Å². The van der Waals surface area contributed by atoms with Gasteiger partial charge in [0.2, 0.25) is 10.0 Å². The first kappa shape index (κ1) is 13.3. The Morgan fingerprint density at radius 1 is 1.50 bits per heavy atom. The van der Waals surface area contributed by atoms with Crippen LogP contribution in [0.2, 0.25) is 0 Å². The smallest absolute Gasteiger partial charge is 0.246 e. The van der Waals surface area contributed by atoms with E-state index in [9.17, 15) is 12.8 Å². The molecule has 0 bridgehead atoms. The fraction of sp³-hybridized carbons (Fsp3) is 0.455. The van der Waals surface area contributed by atoms with Gasteiger partial charge in [-0.05, 0) is 25.1 Å². The summed E-state index contributed by atoms with van der Waals surface area (Å²) in [5.74, 6) is -0.789. The fourth-order valence-electron chi connectivity index (χ4n) is 1.86. The molecule has 0 radical (unpaired) electrons. The second kappa shape index (κ2) is 4.83. The van der Waals surface area contributed by atoms with Gasteiger partial charge in [-0.25, -0.2) is 12.8 Å². The van der Waals surface area contributed by atoms with Gasteiger partial charge in [0.05, 0.1) is 12.7 Å². The highest BCUT2D eigenvalue weighted by molar-refractivity contribution is 7.89. The van der Waals surface area contributed by atoms with Crippen molar-refractivity contribution in [3.05, 3.63) is 24.0 Å². The van der Waals surface area contributed by atoms with Gasteiger partial charge in [0.25, 0.3) is 0 Å². The molecular formula is C11H15FN2O3S. The van der Waals surface area contributed by atoms with Gasteiger partial charge in [-0.15, -0.1) is 0 Å². The molecule has 18 heavy (non-hydrogen) atoms. The second-order valence-corrected chi connectivity index (χ2v) is 6.14. The van der Waals surface area contributed by atoms with Crippen molar-refractivity contribution >= 4 is 15.7 Å². The van der Waals surface area contributed by atoms with Crippen LogP contribution in [0, 0.1) is 5.82 Å². The monoisotopic (exact) mass is 274 g/mol. The number of anilines is 1. The van der Waals surface area contributed by atoms with Crippen molar-refractivity contribution in [3.63, 3.8) is 0 Å². The fourth-order valence-corrected chi connectivity index (χ4v) is 3.46. The minimum atomic E-state index is -3.85. The summed E-state index contributed by atoms with van der Waals surface area (Å²) >= 11 is 0. The Bertz CT molecular complexity index is 547. The maximum absolute atomic E-state index is 13.6. The molecule has 0 amide bonds. The number of ether oxygens (including phenoxy) is 1. The van der Waals surface area contributed by atoms with Gasteiger partial charge in [-0.3, -0.25) is 0 Å². The highest BCUT2D eigenvalue weighted by Crippen LogP contribution is 2.23. The first-order valence-electron chi connectivity index (χ1n) is 5.58. The van der Waals surface area contributed by atoms with Gasteiger partial charge in [0.1, 0.15) is 10.7 Å². The van der Waals surface area contributed by atoms with Crippen molar-refractivity contribution in [1.82, 2.24) is 4.31 Å². The van der Waals surface area contributed by atoms with Crippen molar-refractivity contribution in [2.45, 2.75) is 17.9 Å². The molecule has 7 heteroatoms. The molecule has 2 N–H and O–H groups in total. The first-order valence-corrected chi connectivity index (χ1v) is 7.02. The Labute approximate surface area is 105 Å². The van der Waals surface area contributed by atoms with Crippen molar-refractivity contribution in [3.8, 4) is 0 Å². The zero-order valence-corrected chi connectivity index (χ0v) is 10.8. The van der Waals surface area contributed by atoms with Crippen LogP contribution >= 0.6 is 0 Å².